The van der Waals surface area contributed by atoms with E-state index in [9.17, 15) is 0 Å². The second-order valence-electron chi connectivity index (χ2n) is 2.84. The van der Waals surface area contributed by atoms with Gasteiger partial charge in [0.1, 0.15) is 0 Å². The van der Waals surface area contributed by atoms with Gasteiger partial charge < -0.3 is 0 Å². The van der Waals surface area contributed by atoms with E-state index in [1.165, 1.54) is 11.1 Å². The molecule has 66 valence electrons. The van der Waals surface area contributed by atoms with Crippen LogP contribution in [0.15, 0.2) is 23.3 Å². The third-order valence-corrected chi connectivity index (χ3v) is 1.48. The Morgan fingerprint density at radius 2 is 1.25 bits per heavy atom. The molecule has 0 nitrogen and oxygen atoms in total. The maximum absolute atomic E-state index is 3.11. The molecule has 0 bridgehead atoms. The molecule has 0 amide bonds. The first kappa shape index (κ1) is 11.0. The molecule has 0 fully saturated rings. The third-order valence-electron chi connectivity index (χ3n) is 1.48. The summed E-state index contributed by atoms with van der Waals surface area (Å²) in [5.74, 6) is 6.22. The van der Waals surface area contributed by atoms with Gasteiger partial charge in [-0.25, -0.2) is 0 Å². The zero-order chi connectivity index (χ0) is 9.40. The molecule has 0 aliphatic rings. The van der Waals surface area contributed by atoms with Crippen LogP contribution >= 0.6 is 0 Å². The number of hydrogen-bond donors (Lipinski definition) is 0. The Kier molecular flexibility index (Phi) is 6.19. The second kappa shape index (κ2) is 6.73. The summed E-state index contributed by atoms with van der Waals surface area (Å²) in [4.78, 5) is 0. The van der Waals surface area contributed by atoms with Gasteiger partial charge in [0.15, 0.2) is 0 Å². The van der Waals surface area contributed by atoms with Crippen molar-refractivity contribution in [2.24, 2.45) is 0 Å². The molecule has 0 aliphatic heterocycles. The predicted octanol–water partition coefficient (Wildman–Crippen LogP) is 3.70. The highest BCUT2D eigenvalue weighted by Gasteiger charge is 1.80. The lowest BCUT2D eigenvalue weighted by atomic mass is 10.2. The van der Waals surface area contributed by atoms with Gasteiger partial charge in [-0.15, -0.1) is 0 Å². The molecule has 0 heteroatoms. The minimum Gasteiger partial charge on any atom is -0.0735 e. The van der Waals surface area contributed by atoms with Gasteiger partial charge in [-0.1, -0.05) is 37.8 Å². The third kappa shape index (κ3) is 5.80. The van der Waals surface area contributed by atoms with Crippen LogP contribution in [0, 0.1) is 11.8 Å². The van der Waals surface area contributed by atoms with Crippen LogP contribution in [0.1, 0.15) is 40.5 Å². The summed E-state index contributed by atoms with van der Waals surface area (Å²) in [7, 11) is 0. The van der Waals surface area contributed by atoms with Crippen molar-refractivity contribution >= 4 is 0 Å². The van der Waals surface area contributed by atoms with E-state index >= 15 is 0 Å². The maximum Gasteiger partial charge on any atom is -0.00471 e. The average Bonchev–Trinajstić information content (AvgIpc) is 2.02. The Balaban J connectivity index is 4.20. The predicted molar refractivity (Wildman–Crippen MR) is 55.9 cm³/mol. The Morgan fingerprint density at radius 1 is 0.917 bits per heavy atom. The Morgan fingerprint density at radius 3 is 1.50 bits per heavy atom. The highest BCUT2D eigenvalue weighted by Crippen LogP contribution is 1.95. The van der Waals surface area contributed by atoms with Crippen molar-refractivity contribution in [1.82, 2.24) is 0 Å². The molecule has 0 atom stereocenters. The fraction of sp³-hybridized carbons (Fsp3) is 0.500. The first-order valence-electron chi connectivity index (χ1n) is 4.56. The lowest BCUT2D eigenvalue weighted by Crippen LogP contribution is -1.71. The molecule has 0 radical (unpaired) electrons. The molecule has 0 unspecified atom stereocenters. The topological polar surface area (TPSA) is 0 Å². The van der Waals surface area contributed by atoms with E-state index in [1.807, 2.05) is 0 Å². The molecule has 0 N–H and O–H groups in total. The van der Waals surface area contributed by atoms with Crippen molar-refractivity contribution in [3.05, 3.63) is 23.3 Å². The van der Waals surface area contributed by atoms with Crippen LogP contribution in [-0.4, -0.2) is 0 Å². The van der Waals surface area contributed by atoms with Gasteiger partial charge in [0.2, 0.25) is 0 Å². The lowest BCUT2D eigenvalue weighted by molar-refractivity contribution is 1.20. The molecule has 12 heavy (non-hydrogen) atoms. The molecule has 0 rings (SSSR count). The summed E-state index contributed by atoms with van der Waals surface area (Å²) >= 11 is 0. The lowest BCUT2D eigenvalue weighted by Gasteiger charge is -1.86. The van der Waals surface area contributed by atoms with Gasteiger partial charge in [0.05, 0.1) is 0 Å². The van der Waals surface area contributed by atoms with Gasteiger partial charge in [0.25, 0.3) is 0 Å². The Labute approximate surface area is 76.4 Å². The van der Waals surface area contributed by atoms with Gasteiger partial charge in [-0.3, -0.25) is 0 Å². The number of allylic oxidation sites excluding steroid dienone is 4. The van der Waals surface area contributed by atoms with Crippen LogP contribution < -0.4 is 0 Å². The average molecular weight is 162 g/mol. The molecule has 0 saturated carbocycles. The number of hydrogen-bond acceptors (Lipinski definition) is 0. The van der Waals surface area contributed by atoms with E-state index in [0.717, 1.165) is 12.8 Å². The van der Waals surface area contributed by atoms with Crippen molar-refractivity contribution in [1.29, 1.82) is 0 Å². The molecule has 0 heterocycles. The molecule has 0 aromatic rings. The molecule has 0 aromatic carbocycles. The summed E-state index contributed by atoms with van der Waals surface area (Å²) in [6.45, 7) is 8.35. The van der Waals surface area contributed by atoms with Gasteiger partial charge in [-0.05, 0) is 37.8 Å². The van der Waals surface area contributed by atoms with Crippen molar-refractivity contribution in [3.63, 3.8) is 0 Å². The van der Waals surface area contributed by atoms with E-state index in [4.69, 9.17) is 0 Å². The summed E-state index contributed by atoms with van der Waals surface area (Å²) in [6, 6.07) is 0. The summed E-state index contributed by atoms with van der Waals surface area (Å²) in [5.41, 5.74) is 2.34. The summed E-state index contributed by atoms with van der Waals surface area (Å²) in [5, 5.41) is 0. The standard InChI is InChI=1S/C12H18/c1-5-7-11(3)9-10-12(4)8-6-2/h7-8H,5-6H2,1-4H3. The fourth-order valence-corrected chi connectivity index (χ4v) is 0.912. The van der Waals surface area contributed by atoms with E-state index in [-0.39, 0.29) is 0 Å². The van der Waals surface area contributed by atoms with Crippen molar-refractivity contribution in [2.45, 2.75) is 40.5 Å². The van der Waals surface area contributed by atoms with Crippen LogP contribution in [-0.2, 0) is 0 Å². The molecular weight excluding hydrogens is 144 g/mol. The van der Waals surface area contributed by atoms with Crippen molar-refractivity contribution < 1.29 is 0 Å². The smallest absolute Gasteiger partial charge is 0.00471 e. The van der Waals surface area contributed by atoms with E-state index in [0.29, 0.717) is 0 Å². The van der Waals surface area contributed by atoms with Gasteiger partial charge in [-0.2, -0.15) is 0 Å². The minimum atomic E-state index is 1.07. The van der Waals surface area contributed by atoms with Crippen molar-refractivity contribution in [3.8, 4) is 11.8 Å². The monoisotopic (exact) mass is 162 g/mol. The van der Waals surface area contributed by atoms with E-state index in [2.05, 4.69) is 51.7 Å². The second-order valence-corrected chi connectivity index (χ2v) is 2.84. The normalized spacial score (nSPS) is 12.3. The van der Waals surface area contributed by atoms with Crippen LogP contribution in [0.5, 0.6) is 0 Å². The van der Waals surface area contributed by atoms with Crippen molar-refractivity contribution in [2.75, 3.05) is 0 Å². The zero-order valence-corrected chi connectivity index (χ0v) is 8.57. The first-order valence-corrected chi connectivity index (χ1v) is 4.56. The van der Waals surface area contributed by atoms with Crippen LogP contribution in [0.2, 0.25) is 0 Å². The maximum atomic E-state index is 3.11. The van der Waals surface area contributed by atoms with E-state index in [1.54, 1.807) is 0 Å². The van der Waals surface area contributed by atoms with Gasteiger partial charge in [0, 0.05) is 0 Å². The quantitative estimate of drug-likeness (QED) is 0.543. The highest BCUT2D eigenvalue weighted by atomic mass is 13.8. The largest absolute Gasteiger partial charge is 0.0735 e. The van der Waals surface area contributed by atoms with E-state index < -0.39 is 0 Å². The summed E-state index contributed by atoms with van der Waals surface area (Å²) < 4.78 is 0. The highest BCUT2D eigenvalue weighted by molar-refractivity contribution is 5.35. The van der Waals surface area contributed by atoms with Crippen LogP contribution in [0.4, 0.5) is 0 Å². The Bertz CT molecular complexity index is 206. The first-order chi connectivity index (χ1) is 5.70. The molecule has 0 aromatic heterocycles. The van der Waals surface area contributed by atoms with Crippen LogP contribution in [0.3, 0.4) is 0 Å². The zero-order valence-electron chi connectivity index (χ0n) is 8.57. The molecule has 0 saturated heterocycles. The fourth-order valence-electron chi connectivity index (χ4n) is 0.912. The van der Waals surface area contributed by atoms with Crippen LogP contribution in [0.25, 0.3) is 0 Å². The molecule has 0 spiro atoms. The minimum absolute atomic E-state index is 1.07. The Hall–Kier alpha value is -0.960. The summed E-state index contributed by atoms with van der Waals surface area (Å²) in [6.07, 6.45) is 6.42. The molecule has 0 aliphatic carbocycles. The number of rotatable bonds is 2. The molecular formula is C12H18. The SMILES string of the molecule is CCC=C(C)C#CC(C)=CCC. The van der Waals surface area contributed by atoms with Gasteiger partial charge >= 0.3 is 0 Å².